The molecule has 0 aliphatic carbocycles. The maximum Gasteiger partial charge on any atom is 0.134 e. The fourth-order valence-corrected chi connectivity index (χ4v) is 2.28. The summed E-state index contributed by atoms with van der Waals surface area (Å²) < 4.78 is 6.30. The van der Waals surface area contributed by atoms with E-state index in [0.29, 0.717) is 12.0 Å². The first-order chi connectivity index (χ1) is 8.08. The van der Waals surface area contributed by atoms with Crippen molar-refractivity contribution in [3.05, 3.63) is 16.5 Å². The van der Waals surface area contributed by atoms with Crippen molar-refractivity contribution in [2.75, 3.05) is 24.7 Å². The first-order valence-electron chi connectivity index (χ1n) is 5.97. The van der Waals surface area contributed by atoms with Crippen LogP contribution in [0.3, 0.4) is 0 Å². The molecule has 2 rings (SSSR count). The third-order valence-electron chi connectivity index (χ3n) is 2.88. The van der Waals surface area contributed by atoms with Crippen molar-refractivity contribution in [3.8, 4) is 0 Å². The number of rotatable bonds is 2. The molecule has 0 bridgehead atoms. The monoisotopic (exact) mass is 299 g/mol. The van der Waals surface area contributed by atoms with Gasteiger partial charge in [0.2, 0.25) is 0 Å². The van der Waals surface area contributed by atoms with Crippen LogP contribution < -0.4 is 4.90 Å². The van der Waals surface area contributed by atoms with Crippen molar-refractivity contribution in [2.24, 2.45) is 0 Å². The summed E-state index contributed by atoms with van der Waals surface area (Å²) in [5, 5.41) is 0. The van der Waals surface area contributed by atoms with Crippen molar-refractivity contribution >= 4 is 21.7 Å². The van der Waals surface area contributed by atoms with E-state index in [0.717, 1.165) is 36.0 Å². The molecule has 0 N–H and O–H groups in total. The molecule has 1 unspecified atom stereocenters. The van der Waals surface area contributed by atoms with Crippen LogP contribution in [0.4, 0.5) is 5.82 Å². The van der Waals surface area contributed by atoms with E-state index in [1.165, 1.54) is 0 Å². The number of anilines is 1. The van der Waals surface area contributed by atoms with Gasteiger partial charge in [0.15, 0.2) is 0 Å². The molecule has 1 aromatic heterocycles. The minimum absolute atomic E-state index is 0.336. The third kappa shape index (κ3) is 2.96. The molecule has 1 aliphatic heterocycles. The predicted molar refractivity (Wildman–Crippen MR) is 71.4 cm³/mol. The largest absolute Gasteiger partial charge is 0.377 e. The highest BCUT2D eigenvalue weighted by Gasteiger charge is 2.21. The Balaban J connectivity index is 2.30. The summed E-state index contributed by atoms with van der Waals surface area (Å²) in [6.07, 6.45) is 0. The third-order valence-corrected chi connectivity index (χ3v) is 3.28. The molecule has 0 saturated carbocycles. The van der Waals surface area contributed by atoms with Crippen LogP contribution in [-0.2, 0) is 4.74 Å². The predicted octanol–water partition coefficient (Wildman–Crippen LogP) is 2.59. The normalized spacial score (nSPS) is 21.0. The lowest BCUT2D eigenvalue weighted by Crippen LogP contribution is -2.44. The zero-order valence-corrected chi connectivity index (χ0v) is 12.1. The Kier molecular flexibility index (Phi) is 3.99. The van der Waals surface area contributed by atoms with Crippen LogP contribution >= 0.6 is 15.9 Å². The van der Waals surface area contributed by atoms with Crippen LogP contribution in [0.2, 0.25) is 0 Å². The Morgan fingerprint density at radius 1 is 1.47 bits per heavy atom. The number of aromatic nitrogens is 2. The van der Waals surface area contributed by atoms with Crippen LogP contribution in [0, 0.1) is 0 Å². The van der Waals surface area contributed by atoms with Gasteiger partial charge in [-0.25, -0.2) is 9.97 Å². The van der Waals surface area contributed by atoms with Crippen LogP contribution in [0.1, 0.15) is 32.5 Å². The molecule has 0 radical (unpaired) electrons. The van der Waals surface area contributed by atoms with E-state index in [9.17, 15) is 0 Å². The first kappa shape index (κ1) is 12.8. The molecule has 1 saturated heterocycles. The summed E-state index contributed by atoms with van der Waals surface area (Å²) >= 11 is 3.46. The fraction of sp³-hybridized carbons (Fsp3) is 0.667. The standard InChI is InChI=1S/C12H18BrN3O/c1-8(2)12-14-10(13)6-11(15-12)16-4-5-17-7-9(16)3/h6,8-9H,4-5,7H2,1-3H3. The van der Waals surface area contributed by atoms with Crippen LogP contribution in [0.5, 0.6) is 0 Å². The molecule has 5 heteroatoms. The minimum atomic E-state index is 0.336. The van der Waals surface area contributed by atoms with Gasteiger partial charge in [0, 0.05) is 18.5 Å². The second-order valence-electron chi connectivity index (χ2n) is 4.68. The molecule has 2 heterocycles. The van der Waals surface area contributed by atoms with Gasteiger partial charge in [0.25, 0.3) is 0 Å². The van der Waals surface area contributed by atoms with E-state index in [4.69, 9.17) is 4.74 Å². The molecule has 1 fully saturated rings. The van der Waals surface area contributed by atoms with Gasteiger partial charge in [-0.15, -0.1) is 0 Å². The van der Waals surface area contributed by atoms with Crippen molar-refractivity contribution in [2.45, 2.75) is 32.7 Å². The van der Waals surface area contributed by atoms with Crippen molar-refractivity contribution < 1.29 is 4.74 Å². The van der Waals surface area contributed by atoms with Gasteiger partial charge >= 0.3 is 0 Å². The summed E-state index contributed by atoms with van der Waals surface area (Å²) in [7, 11) is 0. The summed E-state index contributed by atoms with van der Waals surface area (Å²) in [4.78, 5) is 11.3. The van der Waals surface area contributed by atoms with E-state index in [-0.39, 0.29) is 0 Å². The van der Waals surface area contributed by atoms with Crippen LogP contribution in [-0.4, -0.2) is 35.8 Å². The SMILES string of the molecule is CC(C)c1nc(Br)cc(N2CCOCC2C)n1. The molecule has 0 aromatic carbocycles. The summed E-state index contributed by atoms with van der Waals surface area (Å²) in [5.74, 6) is 2.21. The average molecular weight is 300 g/mol. The average Bonchev–Trinajstić information content (AvgIpc) is 2.28. The Morgan fingerprint density at radius 3 is 2.88 bits per heavy atom. The second-order valence-corrected chi connectivity index (χ2v) is 5.49. The molecule has 17 heavy (non-hydrogen) atoms. The van der Waals surface area contributed by atoms with Crippen LogP contribution in [0.25, 0.3) is 0 Å². The molecule has 4 nitrogen and oxygen atoms in total. The van der Waals surface area contributed by atoms with E-state index < -0.39 is 0 Å². The number of morpholine rings is 1. The highest BCUT2D eigenvalue weighted by atomic mass is 79.9. The van der Waals surface area contributed by atoms with Crippen LogP contribution in [0.15, 0.2) is 10.7 Å². The van der Waals surface area contributed by atoms with Gasteiger partial charge in [-0.1, -0.05) is 13.8 Å². The Morgan fingerprint density at radius 2 is 2.24 bits per heavy atom. The summed E-state index contributed by atoms with van der Waals surface area (Å²) in [5.41, 5.74) is 0. The van der Waals surface area contributed by atoms with Crippen molar-refractivity contribution in [1.29, 1.82) is 0 Å². The van der Waals surface area contributed by atoms with Gasteiger partial charge in [0.05, 0.1) is 19.3 Å². The van der Waals surface area contributed by atoms with E-state index in [2.05, 4.69) is 51.6 Å². The lowest BCUT2D eigenvalue weighted by molar-refractivity contribution is 0.0985. The van der Waals surface area contributed by atoms with E-state index in [1.807, 2.05) is 6.07 Å². The summed E-state index contributed by atoms with van der Waals surface area (Å²) in [6, 6.07) is 2.35. The van der Waals surface area contributed by atoms with Gasteiger partial charge in [-0.3, -0.25) is 0 Å². The number of hydrogen-bond acceptors (Lipinski definition) is 4. The molecular formula is C12H18BrN3O. The molecule has 94 valence electrons. The van der Waals surface area contributed by atoms with E-state index >= 15 is 0 Å². The lowest BCUT2D eigenvalue weighted by Gasteiger charge is -2.34. The maximum atomic E-state index is 5.44. The molecule has 1 aliphatic rings. The zero-order chi connectivity index (χ0) is 12.4. The van der Waals surface area contributed by atoms with Gasteiger partial charge in [-0.05, 0) is 22.9 Å². The topological polar surface area (TPSA) is 38.2 Å². The molecule has 0 amide bonds. The number of ether oxygens (including phenoxy) is 1. The van der Waals surface area contributed by atoms with Crippen molar-refractivity contribution in [1.82, 2.24) is 9.97 Å². The molecule has 0 spiro atoms. The highest BCUT2D eigenvalue weighted by Crippen LogP contribution is 2.23. The maximum absolute atomic E-state index is 5.44. The first-order valence-corrected chi connectivity index (χ1v) is 6.76. The van der Waals surface area contributed by atoms with Crippen molar-refractivity contribution in [3.63, 3.8) is 0 Å². The number of nitrogens with zero attached hydrogens (tertiary/aromatic N) is 3. The number of halogens is 1. The smallest absolute Gasteiger partial charge is 0.134 e. The lowest BCUT2D eigenvalue weighted by atomic mass is 10.2. The number of hydrogen-bond donors (Lipinski definition) is 0. The fourth-order valence-electron chi connectivity index (χ4n) is 1.90. The Hall–Kier alpha value is -0.680. The van der Waals surface area contributed by atoms with Gasteiger partial charge < -0.3 is 9.64 Å². The summed E-state index contributed by atoms with van der Waals surface area (Å²) in [6.45, 7) is 8.79. The minimum Gasteiger partial charge on any atom is -0.377 e. The zero-order valence-electron chi connectivity index (χ0n) is 10.5. The Bertz CT molecular complexity index is 397. The van der Waals surface area contributed by atoms with Gasteiger partial charge in [-0.2, -0.15) is 0 Å². The Labute approximate surface area is 111 Å². The van der Waals surface area contributed by atoms with Gasteiger partial charge in [0.1, 0.15) is 16.2 Å². The quantitative estimate of drug-likeness (QED) is 0.787. The second kappa shape index (κ2) is 5.31. The van der Waals surface area contributed by atoms with E-state index in [1.54, 1.807) is 0 Å². The molecule has 1 aromatic rings. The highest BCUT2D eigenvalue weighted by molar-refractivity contribution is 9.10. The molecule has 1 atom stereocenters. The molecular weight excluding hydrogens is 282 g/mol.